The molecule has 1 aromatic carbocycles. The Balaban J connectivity index is 1.49. The van der Waals surface area contributed by atoms with Gasteiger partial charge < -0.3 is 15.2 Å². The lowest BCUT2D eigenvalue weighted by molar-refractivity contribution is 0.443. The predicted octanol–water partition coefficient (Wildman–Crippen LogP) is 4.34. The van der Waals surface area contributed by atoms with Crippen LogP contribution in [0.25, 0.3) is 32.4 Å². The minimum absolute atomic E-state index is 0.561. The summed E-state index contributed by atoms with van der Waals surface area (Å²) in [6.45, 7) is 4.26. The third kappa shape index (κ3) is 3.09. The molecule has 4 heterocycles. The van der Waals surface area contributed by atoms with Crippen molar-refractivity contribution in [1.29, 1.82) is 0 Å². The molecule has 1 saturated heterocycles. The molecule has 2 N–H and O–H groups in total. The topological polar surface area (TPSA) is 56.8 Å². The standard InChI is InChI=1S/C21H23N5S/c1-13-9-15-10-14(3-4-18(15)24-13)16-11-19-20(23-12-16)25-21(27-19)26(2)17-5-7-22-8-6-17/h3-4,9-12,17,22,24H,5-8H2,1-2H3. The normalized spacial score (nSPS) is 15.6. The van der Waals surface area contributed by atoms with Gasteiger partial charge in [-0.25, -0.2) is 4.98 Å². The zero-order chi connectivity index (χ0) is 18.4. The van der Waals surface area contributed by atoms with Crippen molar-refractivity contribution in [2.45, 2.75) is 25.8 Å². The molecule has 0 saturated carbocycles. The lowest BCUT2D eigenvalue weighted by Crippen LogP contribution is -2.41. The van der Waals surface area contributed by atoms with E-state index in [9.17, 15) is 0 Å². The fourth-order valence-corrected chi connectivity index (χ4v) is 4.92. The van der Waals surface area contributed by atoms with Crippen molar-refractivity contribution in [3.8, 4) is 11.1 Å². The van der Waals surface area contributed by atoms with Crippen LogP contribution in [0.2, 0.25) is 0 Å². The maximum Gasteiger partial charge on any atom is 0.188 e. The second-order valence-corrected chi connectivity index (χ2v) is 8.40. The van der Waals surface area contributed by atoms with Gasteiger partial charge in [-0.15, -0.1) is 0 Å². The minimum Gasteiger partial charge on any atom is -0.359 e. The molecule has 0 spiro atoms. The first-order valence-electron chi connectivity index (χ1n) is 9.47. The Morgan fingerprint density at radius 2 is 1.96 bits per heavy atom. The molecule has 0 bridgehead atoms. The molecule has 0 unspecified atom stereocenters. The molecule has 5 rings (SSSR count). The average molecular weight is 378 g/mol. The number of pyridine rings is 1. The van der Waals surface area contributed by atoms with Crippen molar-refractivity contribution in [1.82, 2.24) is 20.3 Å². The maximum atomic E-state index is 4.78. The number of aromatic amines is 1. The van der Waals surface area contributed by atoms with E-state index in [1.54, 1.807) is 11.3 Å². The average Bonchev–Trinajstić information content (AvgIpc) is 3.29. The highest BCUT2D eigenvalue weighted by Gasteiger charge is 2.21. The molecule has 0 aliphatic carbocycles. The van der Waals surface area contributed by atoms with Gasteiger partial charge in [-0.2, -0.15) is 4.98 Å². The number of piperidine rings is 1. The third-order valence-corrected chi connectivity index (χ3v) is 6.56. The molecule has 138 valence electrons. The number of aryl methyl sites for hydroxylation is 1. The van der Waals surface area contributed by atoms with Crippen LogP contribution in [0.15, 0.2) is 36.5 Å². The zero-order valence-electron chi connectivity index (χ0n) is 15.6. The van der Waals surface area contributed by atoms with E-state index in [2.05, 4.69) is 64.5 Å². The van der Waals surface area contributed by atoms with E-state index in [0.29, 0.717) is 6.04 Å². The second-order valence-electron chi connectivity index (χ2n) is 7.39. The molecule has 3 aromatic heterocycles. The first-order chi connectivity index (χ1) is 13.2. The van der Waals surface area contributed by atoms with Crippen LogP contribution in [-0.4, -0.2) is 41.1 Å². The molecule has 4 aromatic rings. The van der Waals surface area contributed by atoms with Crippen LogP contribution in [0.3, 0.4) is 0 Å². The summed E-state index contributed by atoms with van der Waals surface area (Å²) in [4.78, 5) is 15.1. The summed E-state index contributed by atoms with van der Waals surface area (Å²) in [6, 6.07) is 11.5. The lowest BCUT2D eigenvalue weighted by atomic mass is 10.1. The van der Waals surface area contributed by atoms with Gasteiger partial charge in [-0.3, -0.25) is 0 Å². The van der Waals surface area contributed by atoms with Crippen LogP contribution < -0.4 is 10.2 Å². The lowest BCUT2D eigenvalue weighted by Gasteiger charge is -2.31. The summed E-state index contributed by atoms with van der Waals surface area (Å²) in [5.74, 6) is 0. The minimum atomic E-state index is 0.561. The second kappa shape index (κ2) is 6.62. The number of hydrogen-bond acceptors (Lipinski definition) is 5. The number of nitrogens with one attached hydrogen (secondary N) is 2. The summed E-state index contributed by atoms with van der Waals surface area (Å²) in [5, 5.41) is 5.73. The van der Waals surface area contributed by atoms with Crippen molar-refractivity contribution in [2.75, 3.05) is 25.0 Å². The van der Waals surface area contributed by atoms with Crippen molar-refractivity contribution in [3.63, 3.8) is 0 Å². The van der Waals surface area contributed by atoms with Gasteiger partial charge in [0.2, 0.25) is 0 Å². The number of nitrogens with zero attached hydrogens (tertiary/aromatic N) is 3. The quantitative estimate of drug-likeness (QED) is 0.558. The summed E-state index contributed by atoms with van der Waals surface area (Å²) < 4.78 is 1.15. The maximum absolute atomic E-state index is 4.78. The summed E-state index contributed by atoms with van der Waals surface area (Å²) in [7, 11) is 2.16. The molecule has 0 radical (unpaired) electrons. The van der Waals surface area contributed by atoms with Crippen molar-refractivity contribution in [3.05, 3.63) is 42.2 Å². The van der Waals surface area contributed by atoms with Crippen LogP contribution in [0.5, 0.6) is 0 Å². The molecule has 5 nitrogen and oxygen atoms in total. The number of H-pyrrole nitrogens is 1. The Morgan fingerprint density at radius 1 is 1.11 bits per heavy atom. The van der Waals surface area contributed by atoms with Gasteiger partial charge in [0.1, 0.15) is 0 Å². The fourth-order valence-electron chi connectivity index (χ4n) is 3.92. The SMILES string of the molecule is Cc1cc2cc(-c3cnc4nc(N(C)C5CCNCC5)sc4c3)ccc2[nH]1. The Hall–Kier alpha value is -2.44. The first kappa shape index (κ1) is 16.7. The Labute approximate surface area is 162 Å². The number of aromatic nitrogens is 3. The summed E-state index contributed by atoms with van der Waals surface area (Å²) in [5.41, 5.74) is 5.54. The molecule has 1 aliphatic heterocycles. The van der Waals surface area contributed by atoms with Crippen LogP contribution in [-0.2, 0) is 0 Å². The predicted molar refractivity (Wildman–Crippen MR) is 114 cm³/mol. The van der Waals surface area contributed by atoms with Gasteiger partial charge in [-0.05, 0) is 62.7 Å². The monoisotopic (exact) mass is 377 g/mol. The van der Waals surface area contributed by atoms with Gasteiger partial charge in [0.25, 0.3) is 0 Å². The number of fused-ring (bicyclic) bond motifs is 2. The van der Waals surface area contributed by atoms with Crippen LogP contribution >= 0.6 is 11.3 Å². The van der Waals surface area contributed by atoms with Crippen molar-refractivity contribution in [2.24, 2.45) is 0 Å². The van der Waals surface area contributed by atoms with E-state index in [1.807, 2.05) is 6.20 Å². The Bertz CT molecular complexity index is 1110. The van der Waals surface area contributed by atoms with Gasteiger partial charge in [0, 0.05) is 41.4 Å². The van der Waals surface area contributed by atoms with E-state index in [0.717, 1.165) is 34.1 Å². The Morgan fingerprint density at radius 3 is 2.81 bits per heavy atom. The van der Waals surface area contributed by atoms with E-state index in [4.69, 9.17) is 4.98 Å². The van der Waals surface area contributed by atoms with E-state index in [1.165, 1.54) is 35.0 Å². The molecular weight excluding hydrogens is 354 g/mol. The zero-order valence-corrected chi connectivity index (χ0v) is 16.4. The van der Waals surface area contributed by atoms with Gasteiger partial charge >= 0.3 is 0 Å². The smallest absolute Gasteiger partial charge is 0.188 e. The van der Waals surface area contributed by atoms with Crippen LogP contribution in [0.4, 0.5) is 5.13 Å². The number of thiazole rings is 1. The van der Waals surface area contributed by atoms with Crippen LogP contribution in [0, 0.1) is 6.92 Å². The first-order valence-corrected chi connectivity index (χ1v) is 10.3. The molecule has 1 aliphatic rings. The molecule has 0 atom stereocenters. The molecule has 1 fully saturated rings. The van der Waals surface area contributed by atoms with Crippen LogP contribution in [0.1, 0.15) is 18.5 Å². The van der Waals surface area contributed by atoms with Crippen molar-refractivity contribution >= 4 is 37.7 Å². The van der Waals surface area contributed by atoms with Gasteiger partial charge in [0.05, 0.1) is 4.70 Å². The molecule has 6 heteroatoms. The van der Waals surface area contributed by atoms with Gasteiger partial charge in [0.15, 0.2) is 10.8 Å². The number of anilines is 1. The highest BCUT2D eigenvalue weighted by Crippen LogP contribution is 2.33. The third-order valence-electron chi connectivity index (χ3n) is 5.48. The Kier molecular flexibility index (Phi) is 4.10. The number of rotatable bonds is 3. The number of hydrogen-bond donors (Lipinski definition) is 2. The summed E-state index contributed by atoms with van der Waals surface area (Å²) in [6.07, 6.45) is 4.28. The molecular formula is C21H23N5S. The highest BCUT2D eigenvalue weighted by atomic mass is 32.1. The molecule has 0 amide bonds. The highest BCUT2D eigenvalue weighted by molar-refractivity contribution is 7.22. The van der Waals surface area contributed by atoms with E-state index in [-0.39, 0.29) is 0 Å². The summed E-state index contributed by atoms with van der Waals surface area (Å²) >= 11 is 1.74. The van der Waals surface area contributed by atoms with E-state index < -0.39 is 0 Å². The largest absolute Gasteiger partial charge is 0.359 e. The van der Waals surface area contributed by atoms with Gasteiger partial charge in [-0.1, -0.05) is 17.4 Å². The van der Waals surface area contributed by atoms with Crippen molar-refractivity contribution < 1.29 is 0 Å². The van der Waals surface area contributed by atoms with E-state index >= 15 is 0 Å². The fraction of sp³-hybridized carbons (Fsp3) is 0.333. The molecule has 27 heavy (non-hydrogen) atoms. The number of benzene rings is 1.